The summed E-state index contributed by atoms with van der Waals surface area (Å²) in [6.45, 7) is 5.41. The molecule has 8 heteroatoms. The average molecular weight is 389 g/mol. The van der Waals surface area contributed by atoms with Crippen molar-refractivity contribution in [3.8, 4) is 0 Å². The van der Waals surface area contributed by atoms with Gasteiger partial charge in [-0.05, 0) is 38.8 Å². The number of hydrogen-bond acceptors (Lipinski definition) is 2. The smallest absolute Gasteiger partial charge is 0.207 e. The third-order valence-corrected chi connectivity index (χ3v) is 6.22. The third kappa shape index (κ3) is 3.48. The van der Waals surface area contributed by atoms with E-state index in [0.717, 1.165) is 16.8 Å². The predicted molar refractivity (Wildman–Crippen MR) is 90.1 cm³/mol. The summed E-state index contributed by atoms with van der Waals surface area (Å²) < 4.78 is 82.7. The van der Waals surface area contributed by atoms with Crippen LogP contribution in [-0.4, -0.2) is 18.8 Å². The Morgan fingerprint density at radius 2 is 1.42 bits per heavy atom. The van der Waals surface area contributed by atoms with Crippen LogP contribution in [0.1, 0.15) is 30.5 Å². The van der Waals surface area contributed by atoms with Crippen molar-refractivity contribution in [1.29, 1.82) is 0 Å². The Hall–Kier alpha value is -1.93. The number of aryl methyl sites for hydroxylation is 1. The van der Waals surface area contributed by atoms with Gasteiger partial charge < -0.3 is 0 Å². The average Bonchev–Trinajstić information content (AvgIpc) is 2.57. The van der Waals surface area contributed by atoms with Crippen LogP contribution >= 0.6 is 0 Å². The molecule has 2 rings (SSSR count). The highest BCUT2D eigenvalue weighted by molar-refractivity contribution is 7.89. The van der Waals surface area contributed by atoms with E-state index in [1.165, 1.54) is 13.8 Å². The molecule has 26 heavy (non-hydrogen) atoms. The second kappa shape index (κ2) is 7.36. The maximum Gasteiger partial charge on any atom is 0.249 e. The van der Waals surface area contributed by atoms with Gasteiger partial charge in [-0.25, -0.2) is 26.0 Å². The van der Waals surface area contributed by atoms with Gasteiger partial charge in [-0.2, -0.15) is 4.31 Å². The fourth-order valence-corrected chi connectivity index (χ4v) is 4.30. The van der Waals surface area contributed by atoms with Crippen molar-refractivity contribution in [1.82, 2.24) is 4.31 Å². The number of sulfonamides is 1. The highest BCUT2D eigenvalue weighted by Gasteiger charge is 2.37. The van der Waals surface area contributed by atoms with Crippen molar-refractivity contribution in [2.75, 3.05) is 0 Å². The lowest BCUT2D eigenvalue weighted by Crippen LogP contribution is -2.38. The quantitative estimate of drug-likeness (QED) is 0.559. The Balaban J connectivity index is 2.65. The maximum absolute atomic E-state index is 14.3. The first-order chi connectivity index (χ1) is 12.0. The lowest BCUT2D eigenvalue weighted by Gasteiger charge is -2.27. The molecule has 0 spiro atoms. The number of benzene rings is 2. The summed E-state index contributed by atoms with van der Waals surface area (Å²) in [5, 5.41) is 0. The molecule has 0 atom stereocenters. The van der Waals surface area contributed by atoms with E-state index in [-0.39, 0.29) is 6.54 Å². The molecular weight excluding hydrogens is 370 g/mol. The Kier molecular flexibility index (Phi) is 5.77. The van der Waals surface area contributed by atoms with Crippen molar-refractivity contribution in [2.45, 2.75) is 45.2 Å². The zero-order valence-corrected chi connectivity index (χ0v) is 15.6. The third-order valence-electron chi connectivity index (χ3n) is 4.17. The lowest BCUT2D eigenvalue weighted by atomic mass is 10.1. The van der Waals surface area contributed by atoms with Gasteiger partial charge in [0.2, 0.25) is 10.0 Å². The number of rotatable bonds is 5. The van der Waals surface area contributed by atoms with Crippen LogP contribution in [0, 0.1) is 37.1 Å². The molecule has 0 radical (unpaired) electrons. The molecule has 0 fully saturated rings. The van der Waals surface area contributed by atoms with Crippen LogP contribution in [0.3, 0.4) is 0 Å². The summed E-state index contributed by atoms with van der Waals surface area (Å²) in [5.74, 6) is -7.28. The van der Waals surface area contributed by atoms with Crippen LogP contribution in [0.4, 0.5) is 17.6 Å². The van der Waals surface area contributed by atoms with Gasteiger partial charge in [-0.3, -0.25) is 0 Å². The van der Waals surface area contributed by atoms with Crippen molar-refractivity contribution in [3.05, 3.63) is 64.2 Å². The molecule has 0 aromatic heterocycles. The minimum absolute atomic E-state index is 0.192. The van der Waals surface area contributed by atoms with Gasteiger partial charge >= 0.3 is 0 Å². The summed E-state index contributed by atoms with van der Waals surface area (Å²) >= 11 is 0. The van der Waals surface area contributed by atoms with Crippen molar-refractivity contribution >= 4 is 10.0 Å². The molecule has 0 aliphatic rings. The monoisotopic (exact) mass is 389 g/mol. The molecular formula is C18H19F4NO2S. The largest absolute Gasteiger partial charge is 0.249 e. The Labute approximate surface area is 150 Å². The molecule has 0 unspecified atom stereocenters. The second-order valence-corrected chi connectivity index (χ2v) is 8.11. The number of nitrogens with zero attached hydrogens (tertiary/aromatic N) is 1. The predicted octanol–water partition coefficient (Wildman–Crippen LogP) is 4.46. The van der Waals surface area contributed by atoms with E-state index in [9.17, 15) is 26.0 Å². The topological polar surface area (TPSA) is 37.4 Å². The molecule has 3 nitrogen and oxygen atoms in total. The summed E-state index contributed by atoms with van der Waals surface area (Å²) in [7, 11) is -4.84. The molecule has 0 heterocycles. The van der Waals surface area contributed by atoms with E-state index in [1.54, 1.807) is 31.2 Å². The molecule has 0 aliphatic heterocycles. The number of hydrogen-bond donors (Lipinski definition) is 0. The van der Waals surface area contributed by atoms with E-state index in [1.807, 2.05) is 0 Å². The van der Waals surface area contributed by atoms with Gasteiger partial charge in [0.1, 0.15) is 0 Å². The molecule has 0 saturated heterocycles. The molecule has 0 saturated carbocycles. The lowest BCUT2D eigenvalue weighted by molar-refractivity contribution is 0.337. The van der Waals surface area contributed by atoms with E-state index in [4.69, 9.17) is 0 Å². The van der Waals surface area contributed by atoms with E-state index in [0.29, 0.717) is 5.56 Å². The normalized spacial score (nSPS) is 12.2. The highest BCUT2D eigenvalue weighted by Crippen LogP contribution is 2.31. The van der Waals surface area contributed by atoms with E-state index >= 15 is 0 Å². The van der Waals surface area contributed by atoms with Crippen LogP contribution in [0.2, 0.25) is 0 Å². The zero-order chi connectivity index (χ0) is 19.8. The Bertz CT molecular complexity index is 913. The molecule has 142 valence electrons. The van der Waals surface area contributed by atoms with Gasteiger partial charge in [-0.15, -0.1) is 0 Å². The second-order valence-electron chi connectivity index (χ2n) is 6.28. The van der Waals surface area contributed by atoms with Crippen LogP contribution in [0.25, 0.3) is 0 Å². The van der Waals surface area contributed by atoms with E-state index in [2.05, 4.69) is 0 Å². The first kappa shape index (κ1) is 20.4. The Morgan fingerprint density at radius 3 is 1.88 bits per heavy atom. The number of halogens is 4. The van der Waals surface area contributed by atoms with E-state index < -0.39 is 49.8 Å². The molecule has 0 N–H and O–H groups in total. The molecule has 0 amide bonds. The fraction of sp³-hybridized carbons (Fsp3) is 0.333. The standard InChI is InChI=1S/C18H19F4NO2S/c1-10(2)23(9-13-8-6-5-7-11(13)3)26(24,25)18-16(21)14(19)12(4)15(20)17(18)22/h5-8,10H,9H2,1-4H3. The summed E-state index contributed by atoms with van der Waals surface area (Å²) in [4.78, 5) is -1.61. The summed E-state index contributed by atoms with van der Waals surface area (Å²) in [5.41, 5.74) is 0.475. The Morgan fingerprint density at radius 1 is 0.923 bits per heavy atom. The van der Waals surface area contributed by atoms with Crippen LogP contribution in [-0.2, 0) is 16.6 Å². The van der Waals surface area contributed by atoms with Gasteiger partial charge in [0.05, 0.1) is 0 Å². The molecule has 2 aromatic rings. The van der Waals surface area contributed by atoms with Crippen LogP contribution < -0.4 is 0 Å². The van der Waals surface area contributed by atoms with Crippen molar-refractivity contribution < 1.29 is 26.0 Å². The minimum atomic E-state index is -4.84. The van der Waals surface area contributed by atoms with Crippen LogP contribution in [0.5, 0.6) is 0 Å². The van der Waals surface area contributed by atoms with Gasteiger partial charge in [0.25, 0.3) is 0 Å². The highest BCUT2D eigenvalue weighted by atomic mass is 32.2. The zero-order valence-electron chi connectivity index (χ0n) is 14.8. The van der Waals surface area contributed by atoms with Gasteiger partial charge in [0, 0.05) is 18.2 Å². The molecule has 2 aromatic carbocycles. The molecule has 0 bridgehead atoms. The fourth-order valence-electron chi connectivity index (χ4n) is 2.57. The van der Waals surface area contributed by atoms with Crippen molar-refractivity contribution in [3.63, 3.8) is 0 Å². The maximum atomic E-state index is 14.3. The van der Waals surface area contributed by atoms with Gasteiger partial charge in [0.15, 0.2) is 28.2 Å². The summed E-state index contributed by atoms with van der Waals surface area (Å²) in [6.07, 6.45) is 0. The molecule has 0 aliphatic carbocycles. The van der Waals surface area contributed by atoms with Crippen molar-refractivity contribution in [2.24, 2.45) is 0 Å². The minimum Gasteiger partial charge on any atom is -0.207 e. The van der Waals surface area contributed by atoms with Gasteiger partial charge in [-0.1, -0.05) is 24.3 Å². The first-order valence-corrected chi connectivity index (χ1v) is 9.33. The SMILES string of the molecule is Cc1ccccc1CN(C(C)C)S(=O)(=O)c1c(F)c(F)c(C)c(F)c1F. The summed E-state index contributed by atoms with van der Waals surface area (Å²) in [6, 6.07) is 6.18. The first-order valence-electron chi connectivity index (χ1n) is 7.89. The van der Waals surface area contributed by atoms with Crippen LogP contribution in [0.15, 0.2) is 29.2 Å².